The second kappa shape index (κ2) is 8.84. The molecule has 0 saturated carbocycles. The fraction of sp³-hybridized carbons (Fsp3) is 0.174. The smallest absolute Gasteiger partial charge is 0.255 e. The summed E-state index contributed by atoms with van der Waals surface area (Å²) >= 11 is 6.16. The number of aromatic nitrogens is 4. The molecule has 0 spiro atoms. The van der Waals surface area contributed by atoms with Gasteiger partial charge in [-0.05, 0) is 62.4 Å². The van der Waals surface area contributed by atoms with Crippen LogP contribution in [0.25, 0.3) is 5.69 Å². The first-order valence-corrected chi connectivity index (χ1v) is 10.2. The molecule has 7 nitrogen and oxygen atoms in total. The highest BCUT2D eigenvalue weighted by Crippen LogP contribution is 2.25. The zero-order valence-corrected chi connectivity index (χ0v) is 18.5. The van der Waals surface area contributed by atoms with Crippen LogP contribution in [0, 0.1) is 19.7 Å². The number of carbonyl (C=O) groups excluding carboxylic acids is 1. The van der Waals surface area contributed by atoms with Gasteiger partial charge in [0.1, 0.15) is 18.0 Å². The maximum absolute atomic E-state index is 14.7. The number of anilines is 1. The summed E-state index contributed by atoms with van der Waals surface area (Å²) in [5.74, 6) is -0.267. The zero-order chi connectivity index (χ0) is 22.8. The number of nitrogens with zero attached hydrogens (tertiary/aromatic N) is 4. The highest BCUT2D eigenvalue weighted by atomic mass is 35.5. The second-order valence-corrected chi connectivity index (χ2v) is 7.69. The molecule has 9 heteroatoms. The summed E-state index contributed by atoms with van der Waals surface area (Å²) in [5.41, 5.74) is 3.08. The molecule has 1 N–H and O–H groups in total. The Bertz CT molecular complexity index is 1280. The molecule has 0 bridgehead atoms. The van der Waals surface area contributed by atoms with Gasteiger partial charge in [0.25, 0.3) is 5.91 Å². The molecule has 2 heterocycles. The van der Waals surface area contributed by atoms with Crippen LogP contribution in [0.2, 0.25) is 5.02 Å². The van der Waals surface area contributed by atoms with Crippen LogP contribution in [0.1, 0.15) is 27.4 Å². The fourth-order valence-electron chi connectivity index (χ4n) is 3.22. The number of benzene rings is 2. The normalized spacial score (nSPS) is 10.9. The van der Waals surface area contributed by atoms with Gasteiger partial charge in [-0.2, -0.15) is 10.2 Å². The lowest BCUT2D eigenvalue weighted by atomic mass is 10.2. The van der Waals surface area contributed by atoms with Crippen molar-refractivity contribution in [3.8, 4) is 11.4 Å². The highest BCUT2D eigenvalue weighted by Gasteiger charge is 2.15. The van der Waals surface area contributed by atoms with Crippen LogP contribution < -0.4 is 10.1 Å². The summed E-state index contributed by atoms with van der Waals surface area (Å²) in [5, 5.41) is 11.7. The first-order chi connectivity index (χ1) is 15.3. The molecule has 164 valence electrons. The monoisotopic (exact) mass is 453 g/mol. The van der Waals surface area contributed by atoms with E-state index in [1.807, 2.05) is 19.3 Å². The van der Waals surface area contributed by atoms with E-state index in [-0.39, 0.29) is 11.6 Å². The summed E-state index contributed by atoms with van der Waals surface area (Å²) in [4.78, 5) is 12.6. The molecule has 0 atom stereocenters. The van der Waals surface area contributed by atoms with E-state index in [0.29, 0.717) is 40.0 Å². The van der Waals surface area contributed by atoms with Gasteiger partial charge < -0.3 is 10.1 Å². The molecule has 0 fully saturated rings. The van der Waals surface area contributed by atoms with Crippen LogP contribution in [0.5, 0.6) is 5.75 Å². The Morgan fingerprint density at radius 3 is 2.47 bits per heavy atom. The van der Waals surface area contributed by atoms with Crippen molar-refractivity contribution in [3.63, 3.8) is 0 Å². The van der Waals surface area contributed by atoms with Crippen LogP contribution >= 0.6 is 11.6 Å². The van der Waals surface area contributed by atoms with Crippen LogP contribution in [0.15, 0.2) is 54.7 Å². The SMILES string of the molecule is Cc1nn(-c2ccc(NC(=O)c3ccc(OCc4ccn(C)n4)cc3)cc2F)c(C)c1Cl. The maximum Gasteiger partial charge on any atom is 0.255 e. The average molecular weight is 454 g/mol. The minimum Gasteiger partial charge on any atom is -0.487 e. The van der Waals surface area contributed by atoms with Gasteiger partial charge >= 0.3 is 0 Å². The molecule has 0 aliphatic carbocycles. The molecule has 0 unspecified atom stereocenters. The van der Waals surface area contributed by atoms with E-state index in [4.69, 9.17) is 16.3 Å². The fourth-order valence-corrected chi connectivity index (χ4v) is 3.34. The number of hydrogen-bond acceptors (Lipinski definition) is 4. The quantitative estimate of drug-likeness (QED) is 0.453. The van der Waals surface area contributed by atoms with Gasteiger partial charge in [0.15, 0.2) is 5.82 Å². The van der Waals surface area contributed by atoms with Gasteiger partial charge in [-0.3, -0.25) is 9.48 Å². The van der Waals surface area contributed by atoms with Crippen molar-refractivity contribution < 1.29 is 13.9 Å². The summed E-state index contributed by atoms with van der Waals surface area (Å²) in [6.45, 7) is 3.85. The topological polar surface area (TPSA) is 74.0 Å². The molecule has 4 aromatic rings. The van der Waals surface area contributed by atoms with Crippen molar-refractivity contribution in [2.24, 2.45) is 7.05 Å². The summed E-state index contributed by atoms with van der Waals surface area (Å²) in [7, 11) is 1.84. The first-order valence-electron chi connectivity index (χ1n) is 9.86. The summed E-state index contributed by atoms with van der Waals surface area (Å²) in [6, 6.07) is 13.0. The molecule has 32 heavy (non-hydrogen) atoms. The average Bonchev–Trinajstić information content (AvgIpc) is 3.30. The number of nitrogens with one attached hydrogen (secondary N) is 1. The van der Waals surface area contributed by atoms with Crippen molar-refractivity contribution in [3.05, 3.63) is 88.2 Å². The van der Waals surface area contributed by atoms with Crippen LogP contribution in [-0.4, -0.2) is 25.5 Å². The standard InChI is InChI=1S/C23H21ClFN5O2/c1-14-22(24)15(2)30(27-14)21-9-6-17(12-20(21)25)26-23(31)16-4-7-19(8-5-16)32-13-18-10-11-29(3)28-18/h4-12H,13H2,1-3H3,(H,26,31). The molecule has 2 aromatic heterocycles. The van der Waals surface area contributed by atoms with Gasteiger partial charge in [0.2, 0.25) is 0 Å². The molecule has 2 aromatic carbocycles. The van der Waals surface area contributed by atoms with Gasteiger partial charge in [-0.25, -0.2) is 9.07 Å². The van der Waals surface area contributed by atoms with E-state index in [1.165, 1.54) is 10.7 Å². The minimum atomic E-state index is -0.525. The summed E-state index contributed by atoms with van der Waals surface area (Å²) in [6.07, 6.45) is 1.84. The summed E-state index contributed by atoms with van der Waals surface area (Å²) < 4.78 is 23.5. The zero-order valence-electron chi connectivity index (χ0n) is 17.8. The lowest BCUT2D eigenvalue weighted by Gasteiger charge is -2.10. The van der Waals surface area contributed by atoms with Crippen molar-refractivity contribution >= 4 is 23.2 Å². The number of rotatable bonds is 6. The van der Waals surface area contributed by atoms with Crippen molar-refractivity contribution in [2.45, 2.75) is 20.5 Å². The van der Waals surface area contributed by atoms with Crippen LogP contribution in [0.3, 0.4) is 0 Å². The Kier molecular flexibility index (Phi) is 5.96. The maximum atomic E-state index is 14.7. The second-order valence-electron chi connectivity index (χ2n) is 7.31. The van der Waals surface area contributed by atoms with Crippen molar-refractivity contribution in [2.75, 3.05) is 5.32 Å². The van der Waals surface area contributed by atoms with Gasteiger partial charge in [0.05, 0.1) is 22.1 Å². The van der Waals surface area contributed by atoms with E-state index in [0.717, 1.165) is 5.69 Å². The molecular weight excluding hydrogens is 433 g/mol. The van der Waals surface area contributed by atoms with E-state index in [1.54, 1.807) is 54.9 Å². The number of amides is 1. The Labute approximate surface area is 189 Å². The number of halogens is 2. The molecule has 0 radical (unpaired) electrons. The Morgan fingerprint density at radius 1 is 1.12 bits per heavy atom. The van der Waals surface area contributed by atoms with Gasteiger partial charge in [-0.15, -0.1) is 0 Å². The lowest BCUT2D eigenvalue weighted by Crippen LogP contribution is -2.12. The molecule has 1 amide bonds. The Hall–Kier alpha value is -3.65. The van der Waals surface area contributed by atoms with Crippen LogP contribution in [0.4, 0.5) is 10.1 Å². The largest absolute Gasteiger partial charge is 0.487 e. The van der Waals surface area contributed by atoms with E-state index in [9.17, 15) is 9.18 Å². The number of hydrogen-bond donors (Lipinski definition) is 1. The van der Waals surface area contributed by atoms with E-state index >= 15 is 0 Å². The number of aryl methyl sites for hydroxylation is 2. The number of ether oxygens (including phenoxy) is 1. The predicted octanol–water partition coefficient (Wildman–Crippen LogP) is 4.85. The van der Waals surface area contributed by atoms with E-state index in [2.05, 4.69) is 15.5 Å². The molecule has 0 aliphatic rings. The third-order valence-corrected chi connectivity index (χ3v) is 5.46. The molecule has 0 aliphatic heterocycles. The third-order valence-electron chi connectivity index (χ3n) is 4.91. The van der Waals surface area contributed by atoms with Gasteiger partial charge in [-0.1, -0.05) is 11.6 Å². The highest BCUT2D eigenvalue weighted by molar-refractivity contribution is 6.31. The van der Waals surface area contributed by atoms with Gasteiger partial charge in [0, 0.05) is 24.5 Å². The van der Waals surface area contributed by atoms with Crippen molar-refractivity contribution in [1.82, 2.24) is 19.6 Å². The van der Waals surface area contributed by atoms with E-state index < -0.39 is 5.82 Å². The molecule has 4 rings (SSSR count). The number of carbonyl (C=O) groups is 1. The van der Waals surface area contributed by atoms with Crippen molar-refractivity contribution in [1.29, 1.82) is 0 Å². The lowest BCUT2D eigenvalue weighted by molar-refractivity contribution is 0.102. The minimum absolute atomic E-state index is 0.255. The Balaban J connectivity index is 1.42. The molecular formula is C23H21ClFN5O2. The van der Waals surface area contributed by atoms with Crippen LogP contribution in [-0.2, 0) is 13.7 Å². The predicted molar refractivity (Wildman–Crippen MR) is 120 cm³/mol. The third kappa shape index (κ3) is 4.50. The Morgan fingerprint density at radius 2 is 1.88 bits per heavy atom. The first kappa shape index (κ1) is 21.6. The molecule has 0 saturated heterocycles.